The van der Waals surface area contributed by atoms with Crippen LogP contribution in [0.1, 0.15) is 22.3 Å². The summed E-state index contributed by atoms with van der Waals surface area (Å²) in [6, 6.07) is 9.18. The lowest BCUT2D eigenvalue weighted by atomic mass is 10.1. The van der Waals surface area contributed by atoms with E-state index in [1.165, 1.54) is 24.3 Å². The molecule has 7 heteroatoms. The Kier molecular flexibility index (Phi) is 6.98. The van der Waals surface area contributed by atoms with Crippen molar-refractivity contribution in [1.29, 1.82) is 0 Å². The van der Waals surface area contributed by atoms with Crippen LogP contribution in [0.15, 0.2) is 48.8 Å². The molecule has 0 aliphatic rings. The Morgan fingerprint density at radius 2 is 1.77 bits per heavy atom. The van der Waals surface area contributed by atoms with Gasteiger partial charge in [-0.15, -0.1) is 12.4 Å². The highest BCUT2D eigenvalue weighted by molar-refractivity contribution is 5.89. The van der Waals surface area contributed by atoms with Gasteiger partial charge in [-0.1, -0.05) is 0 Å². The number of non-ortho nitro benzene ring substituents is 1. The van der Waals surface area contributed by atoms with Gasteiger partial charge in [0.2, 0.25) is 0 Å². The van der Waals surface area contributed by atoms with E-state index in [2.05, 4.69) is 4.98 Å². The second-order valence-corrected chi connectivity index (χ2v) is 4.40. The van der Waals surface area contributed by atoms with Crippen LogP contribution in [-0.2, 0) is 11.2 Å². The summed E-state index contributed by atoms with van der Waals surface area (Å²) in [4.78, 5) is 25.7. The highest BCUT2D eigenvalue weighted by Crippen LogP contribution is 2.12. The largest absolute Gasteiger partial charge is 0.462 e. The number of ether oxygens (including phenoxy) is 1. The van der Waals surface area contributed by atoms with Gasteiger partial charge in [-0.3, -0.25) is 15.1 Å². The summed E-state index contributed by atoms with van der Waals surface area (Å²) < 4.78 is 5.13. The number of benzene rings is 1. The number of pyridine rings is 1. The van der Waals surface area contributed by atoms with E-state index in [1.54, 1.807) is 12.4 Å². The molecular formula is C15H15ClN2O4. The van der Waals surface area contributed by atoms with E-state index in [0.717, 1.165) is 12.0 Å². The average molecular weight is 323 g/mol. The first-order chi connectivity index (χ1) is 10.2. The number of rotatable bonds is 6. The number of carbonyl (C=O) groups is 1. The smallest absolute Gasteiger partial charge is 0.338 e. The molecule has 0 fully saturated rings. The molecule has 0 saturated carbocycles. The summed E-state index contributed by atoms with van der Waals surface area (Å²) >= 11 is 0. The molecule has 0 radical (unpaired) electrons. The number of aryl methyl sites for hydroxylation is 1. The Labute approximate surface area is 133 Å². The van der Waals surface area contributed by atoms with E-state index in [-0.39, 0.29) is 18.1 Å². The minimum Gasteiger partial charge on any atom is -0.462 e. The van der Waals surface area contributed by atoms with Gasteiger partial charge in [0, 0.05) is 24.5 Å². The van der Waals surface area contributed by atoms with Crippen molar-refractivity contribution in [3.63, 3.8) is 0 Å². The van der Waals surface area contributed by atoms with Crippen molar-refractivity contribution >= 4 is 24.1 Å². The topological polar surface area (TPSA) is 82.3 Å². The third-order valence-electron chi connectivity index (χ3n) is 2.91. The minimum atomic E-state index is -0.510. The molecule has 0 aliphatic carbocycles. The molecule has 0 bridgehead atoms. The number of aromatic nitrogens is 1. The van der Waals surface area contributed by atoms with E-state index < -0.39 is 10.9 Å². The molecule has 1 heterocycles. The molecule has 1 aromatic heterocycles. The predicted molar refractivity (Wildman–Crippen MR) is 83.2 cm³/mol. The van der Waals surface area contributed by atoms with Crippen molar-refractivity contribution in [2.24, 2.45) is 0 Å². The molecule has 116 valence electrons. The summed E-state index contributed by atoms with van der Waals surface area (Å²) in [7, 11) is 0. The van der Waals surface area contributed by atoms with Crippen molar-refractivity contribution in [3.8, 4) is 0 Å². The van der Waals surface area contributed by atoms with E-state index >= 15 is 0 Å². The van der Waals surface area contributed by atoms with Crippen molar-refractivity contribution in [2.45, 2.75) is 12.8 Å². The zero-order valence-corrected chi connectivity index (χ0v) is 12.5. The Balaban J connectivity index is 0.00000242. The maximum atomic E-state index is 11.7. The van der Waals surface area contributed by atoms with E-state index in [9.17, 15) is 14.9 Å². The third-order valence-corrected chi connectivity index (χ3v) is 2.91. The lowest BCUT2D eigenvalue weighted by Gasteiger charge is -2.05. The molecule has 6 nitrogen and oxygen atoms in total. The predicted octanol–water partition coefficient (Wildman–Crippen LogP) is 3.20. The number of nitrogens with zero attached hydrogens (tertiary/aromatic N) is 2. The normalized spacial score (nSPS) is 9.64. The minimum absolute atomic E-state index is 0. The number of hydrogen-bond donors (Lipinski definition) is 0. The quantitative estimate of drug-likeness (QED) is 0.353. The van der Waals surface area contributed by atoms with Crippen molar-refractivity contribution in [3.05, 3.63) is 70.0 Å². The van der Waals surface area contributed by atoms with Gasteiger partial charge >= 0.3 is 5.97 Å². The molecule has 0 N–H and O–H groups in total. The maximum Gasteiger partial charge on any atom is 0.338 e. The molecule has 2 aromatic rings. The van der Waals surface area contributed by atoms with E-state index in [0.29, 0.717) is 18.6 Å². The van der Waals surface area contributed by atoms with Crippen molar-refractivity contribution in [1.82, 2.24) is 4.98 Å². The van der Waals surface area contributed by atoms with Crippen LogP contribution in [0.25, 0.3) is 0 Å². The van der Waals surface area contributed by atoms with E-state index in [4.69, 9.17) is 4.74 Å². The second-order valence-electron chi connectivity index (χ2n) is 4.40. The first-order valence-electron chi connectivity index (χ1n) is 6.47. The summed E-state index contributed by atoms with van der Waals surface area (Å²) in [5, 5.41) is 10.5. The molecule has 0 atom stereocenters. The zero-order chi connectivity index (χ0) is 15.1. The highest BCUT2D eigenvalue weighted by atomic mass is 35.5. The standard InChI is InChI=1S/C15H14N2O4.ClH/c18-15(13-3-5-14(6-4-13)17(19)20)21-11-1-2-12-7-9-16-10-8-12;/h3-10H,1-2,11H2;1H. The number of esters is 1. The van der Waals surface area contributed by atoms with Gasteiger partial charge in [-0.05, 0) is 42.7 Å². The van der Waals surface area contributed by atoms with Crippen LogP contribution < -0.4 is 0 Å². The summed E-state index contributed by atoms with van der Waals surface area (Å²) in [6.45, 7) is 0.304. The zero-order valence-electron chi connectivity index (χ0n) is 11.7. The number of carbonyl (C=O) groups excluding carboxylic acids is 1. The molecular weight excluding hydrogens is 308 g/mol. The molecule has 2 rings (SSSR count). The Morgan fingerprint density at radius 1 is 1.14 bits per heavy atom. The SMILES string of the molecule is Cl.O=C(OCCCc1ccncc1)c1ccc([N+](=O)[O-])cc1. The number of halogens is 1. The van der Waals surface area contributed by atoms with Gasteiger partial charge in [0.25, 0.3) is 5.69 Å². The van der Waals surface area contributed by atoms with Crippen LogP contribution in [-0.4, -0.2) is 22.5 Å². The van der Waals surface area contributed by atoms with Crippen LogP contribution in [0.4, 0.5) is 5.69 Å². The van der Waals surface area contributed by atoms with E-state index in [1.807, 2.05) is 12.1 Å². The lowest BCUT2D eigenvalue weighted by Crippen LogP contribution is -2.07. The monoisotopic (exact) mass is 322 g/mol. The molecule has 0 saturated heterocycles. The first-order valence-corrected chi connectivity index (χ1v) is 6.47. The second kappa shape index (κ2) is 8.74. The van der Waals surface area contributed by atoms with Gasteiger partial charge in [0.05, 0.1) is 17.1 Å². The van der Waals surface area contributed by atoms with Crippen LogP contribution in [0.2, 0.25) is 0 Å². The number of nitro benzene ring substituents is 1. The maximum absolute atomic E-state index is 11.7. The summed E-state index contributed by atoms with van der Waals surface area (Å²) in [6.07, 6.45) is 4.95. The van der Waals surface area contributed by atoms with Crippen LogP contribution >= 0.6 is 12.4 Å². The molecule has 0 amide bonds. The van der Waals surface area contributed by atoms with Gasteiger partial charge in [-0.2, -0.15) is 0 Å². The molecule has 0 spiro atoms. The molecule has 22 heavy (non-hydrogen) atoms. The number of nitro groups is 1. The van der Waals surface area contributed by atoms with Gasteiger partial charge in [-0.25, -0.2) is 4.79 Å². The van der Waals surface area contributed by atoms with Gasteiger partial charge in [0.15, 0.2) is 0 Å². The van der Waals surface area contributed by atoms with Crippen molar-refractivity contribution < 1.29 is 14.5 Å². The Morgan fingerprint density at radius 3 is 2.36 bits per heavy atom. The molecule has 0 unspecified atom stereocenters. The molecule has 0 aliphatic heterocycles. The van der Waals surface area contributed by atoms with Crippen LogP contribution in [0.5, 0.6) is 0 Å². The summed E-state index contributed by atoms with van der Waals surface area (Å²) in [5.74, 6) is -0.473. The van der Waals surface area contributed by atoms with Crippen LogP contribution in [0.3, 0.4) is 0 Å². The lowest BCUT2D eigenvalue weighted by molar-refractivity contribution is -0.384. The first kappa shape index (κ1) is 17.6. The fourth-order valence-corrected chi connectivity index (χ4v) is 1.79. The Bertz CT molecular complexity index is 617. The third kappa shape index (κ3) is 5.14. The fourth-order valence-electron chi connectivity index (χ4n) is 1.79. The molecule has 1 aromatic carbocycles. The van der Waals surface area contributed by atoms with Gasteiger partial charge < -0.3 is 4.74 Å². The number of hydrogen-bond acceptors (Lipinski definition) is 5. The van der Waals surface area contributed by atoms with Gasteiger partial charge in [0.1, 0.15) is 0 Å². The summed E-state index contributed by atoms with van der Waals surface area (Å²) in [5.41, 5.74) is 1.39. The highest BCUT2D eigenvalue weighted by Gasteiger charge is 2.10. The fraction of sp³-hybridized carbons (Fsp3) is 0.200. The Hall–Kier alpha value is -2.47. The van der Waals surface area contributed by atoms with Crippen LogP contribution in [0, 0.1) is 10.1 Å². The van der Waals surface area contributed by atoms with Crippen molar-refractivity contribution in [2.75, 3.05) is 6.61 Å². The average Bonchev–Trinajstić information content (AvgIpc) is 2.52.